The third-order valence-corrected chi connectivity index (χ3v) is 4.24. The van der Waals surface area contributed by atoms with Crippen molar-refractivity contribution in [3.63, 3.8) is 0 Å². The largest absolute Gasteiger partial charge is 0.351 e. The van der Waals surface area contributed by atoms with Gasteiger partial charge in [0.15, 0.2) is 5.82 Å². The number of rotatable bonds is 5. The molecule has 132 valence electrons. The minimum atomic E-state index is -0.536. The Labute approximate surface area is 152 Å². The van der Waals surface area contributed by atoms with E-state index in [4.69, 9.17) is 0 Å². The molecule has 1 amide bonds. The molecule has 3 aromatic rings. The van der Waals surface area contributed by atoms with E-state index in [-0.39, 0.29) is 11.7 Å². The number of hydrogen-bond donors (Lipinski definition) is 1. The first-order valence-electron chi connectivity index (χ1n) is 8.38. The summed E-state index contributed by atoms with van der Waals surface area (Å²) >= 11 is 0. The van der Waals surface area contributed by atoms with Gasteiger partial charge in [0.25, 0.3) is 5.91 Å². The van der Waals surface area contributed by atoms with Crippen molar-refractivity contribution in [2.45, 2.75) is 19.3 Å². The maximum atomic E-state index is 14.0. The SMILES string of the molecule is CC(C)(CNC(=O)c1cnc(-c2ccccc2)nc1)c1ccccc1F. The fourth-order valence-electron chi connectivity index (χ4n) is 2.69. The fraction of sp³-hybridized carbons (Fsp3) is 0.190. The number of halogens is 1. The van der Waals surface area contributed by atoms with Crippen LogP contribution in [0.4, 0.5) is 4.39 Å². The van der Waals surface area contributed by atoms with Crippen LogP contribution in [-0.2, 0) is 5.41 Å². The Morgan fingerprint density at radius 2 is 1.62 bits per heavy atom. The van der Waals surface area contributed by atoms with Crippen molar-refractivity contribution in [3.05, 3.63) is 83.9 Å². The molecule has 2 aromatic carbocycles. The van der Waals surface area contributed by atoms with Gasteiger partial charge < -0.3 is 5.32 Å². The number of amides is 1. The number of nitrogens with one attached hydrogen (secondary N) is 1. The zero-order valence-electron chi connectivity index (χ0n) is 14.7. The van der Waals surface area contributed by atoms with Gasteiger partial charge in [-0.15, -0.1) is 0 Å². The molecule has 1 aromatic heterocycles. The molecule has 4 nitrogen and oxygen atoms in total. The molecule has 26 heavy (non-hydrogen) atoms. The highest BCUT2D eigenvalue weighted by Gasteiger charge is 2.24. The molecule has 0 saturated heterocycles. The van der Waals surface area contributed by atoms with E-state index in [0.29, 0.717) is 23.5 Å². The average molecular weight is 349 g/mol. The molecule has 1 heterocycles. The molecule has 0 atom stereocenters. The maximum Gasteiger partial charge on any atom is 0.254 e. The van der Waals surface area contributed by atoms with E-state index in [9.17, 15) is 9.18 Å². The van der Waals surface area contributed by atoms with Crippen molar-refractivity contribution >= 4 is 5.91 Å². The van der Waals surface area contributed by atoms with E-state index in [1.807, 2.05) is 44.2 Å². The zero-order chi connectivity index (χ0) is 18.6. The van der Waals surface area contributed by atoms with Crippen molar-refractivity contribution in [1.29, 1.82) is 0 Å². The first-order valence-corrected chi connectivity index (χ1v) is 8.38. The van der Waals surface area contributed by atoms with Crippen LogP contribution in [0.5, 0.6) is 0 Å². The summed E-state index contributed by atoms with van der Waals surface area (Å²) in [5, 5.41) is 2.84. The van der Waals surface area contributed by atoms with Gasteiger partial charge in [0, 0.05) is 29.9 Å². The Morgan fingerprint density at radius 1 is 1.00 bits per heavy atom. The van der Waals surface area contributed by atoms with Gasteiger partial charge in [-0.25, -0.2) is 14.4 Å². The van der Waals surface area contributed by atoms with Gasteiger partial charge in [-0.05, 0) is 11.6 Å². The molecule has 5 heteroatoms. The monoisotopic (exact) mass is 349 g/mol. The molecule has 0 unspecified atom stereocenters. The summed E-state index contributed by atoms with van der Waals surface area (Å²) in [4.78, 5) is 20.9. The second-order valence-electron chi connectivity index (χ2n) is 6.71. The van der Waals surface area contributed by atoms with Crippen molar-refractivity contribution in [2.75, 3.05) is 6.54 Å². The summed E-state index contributed by atoms with van der Waals surface area (Å²) in [6, 6.07) is 16.2. The third-order valence-electron chi connectivity index (χ3n) is 4.24. The second kappa shape index (κ2) is 7.44. The van der Waals surface area contributed by atoms with Crippen LogP contribution in [-0.4, -0.2) is 22.4 Å². The van der Waals surface area contributed by atoms with Crippen molar-refractivity contribution in [2.24, 2.45) is 0 Å². The Kier molecular flexibility index (Phi) is 5.07. The van der Waals surface area contributed by atoms with Crippen molar-refractivity contribution in [1.82, 2.24) is 15.3 Å². The molecule has 0 bridgehead atoms. The minimum Gasteiger partial charge on any atom is -0.351 e. The van der Waals surface area contributed by atoms with E-state index in [1.165, 1.54) is 18.5 Å². The van der Waals surface area contributed by atoms with Crippen molar-refractivity contribution in [3.8, 4) is 11.4 Å². The van der Waals surface area contributed by atoms with Gasteiger partial charge in [0.1, 0.15) is 5.82 Å². The Balaban J connectivity index is 1.68. The maximum absolute atomic E-state index is 14.0. The molecular weight excluding hydrogens is 329 g/mol. The predicted octanol–water partition coefficient (Wildman–Crippen LogP) is 3.99. The minimum absolute atomic E-state index is 0.276. The Bertz CT molecular complexity index is 893. The molecule has 1 N–H and O–H groups in total. The van der Waals surface area contributed by atoms with E-state index < -0.39 is 5.41 Å². The molecule has 0 aliphatic heterocycles. The molecule has 3 rings (SSSR count). The lowest BCUT2D eigenvalue weighted by molar-refractivity contribution is 0.0944. The van der Waals surface area contributed by atoms with Gasteiger partial charge in [0.05, 0.1) is 5.56 Å². The number of aromatic nitrogens is 2. The van der Waals surface area contributed by atoms with Gasteiger partial charge in [-0.3, -0.25) is 4.79 Å². The molecule has 0 spiro atoms. The van der Waals surface area contributed by atoms with E-state index >= 15 is 0 Å². The molecule has 0 aliphatic rings. The van der Waals surface area contributed by atoms with Crippen LogP contribution in [0.1, 0.15) is 29.8 Å². The quantitative estimate of drug-likeness (QED) is 0.758. The van der Waals surface area contributed by atoms with E-state index in [1.54, 1.807) is 18.2 Å². The summed E-state index contributed by atoms with van der Waals surface area (Å²) < 4.78 is 14.0. The number of carbonyl (C=O) groups is 1. The van der Waals surface area contributed by atoms with Gasteiger partial charge >= 0.3 is 0 Å². The smallest absolute Gasteiger partial charge is 0.254 e. The zero-order valence-corrected chi connectivity index (χ0v) is 14.7. The van der Waals surface area contributed by atoms with Gasteiger partial charge in [-0.2, -0.15) is 0 Å². The van der Waals surface area contributed by atoms with Gasteiger partial charge in [-0.1, -0.05) is 62.4 Å². The first kappa shape index (κ1) is 17.7. The van der Waals surface area contributed by atoms with Crippen LogP contribution in [0.25, 0.3) is 11.4 Å². The summed E-state index contributed by atoms with van der Waals surface area (Å²) in [5.74, 6) is 0.00478. The molecule has 0 radical (unpaired) electrons. The molecule has 0 fully saturated rings. The lowest BCUT2D eigenvalue weighted by atomic mass is 9.84. The fourth-order valence-corrected chi connectivity index (χ4v) is 2.69. The van der Waals surface area contributed by atoms with Crippen LogP contribution in [0, 0.1) is 5.82 Å². The lowest BCUT2D eigenvalue weighted by Gasteiger charge is -2.26. The molecular formula is C21H20FN3O. The van der Waals surface area contributed by atoms with Crippen LogP contribution >= 0.6 is 0 Å². The van der Waals surface area contributed by atoms with Gasteiger partial charge in [0.2, 0.25) is 0 Å². The number of carbonyl (C=O) groups excluding carboxylic acids is 1. The normalized spacial score (nSPS) is 11.2. The number of hydrogen-bond acceptors (Lipinski definition) is 3. The van der Waals surface area contributed by atoms with Crippen LogP contribution < -0.4 is 5.32 Å². The second-order valence-corrected chi connectivity index (χ2v) is 6.71. The standard InChI is InChI=1S/C21H20FN3O/c1-21(2,17-10-6-7-11-18(17)22)14-25-20(26)16-12-23-19(24-13-16)15-8-4-3-5-9-15/h3-13H,14H2,1-2H3,(H,25,26). The van der Waals surface area contributed by atoms with E-state index in [2.05, 4.69) is 15.3 Å². The Morgan fingerprint density at radius 3 is 2.27 bits per heavy atom. The highest BCUT2D eigenvalue weighted by molar-refractivity contribution is 5.93. The highest BCUT2D eigenvalue weighted by Crippen LogP contribution is 2.25. The van der Waals surface area contributed by atoms with E-state index in [0.717, 1.165) is 5.56 Å². The average Bonchev–Trinajstić information content (AvgIpc) is 2.67. The first-order chi connectivity index (χ1) is 12.5. The van der Waals surface area contributed by atoms with Crippen LogP contribution in [0.3, 0.4) is 0 Å². The lowest BCUT2D eigenvalue weighted by Crippen LogP contribution is -2.37. The summed E-state index contributed by atoms with van der Waals surface area (Å²) in [5.41, 5.74) is 1.29. The predicted molar refractivity (Wildman–Crippen MR) is 99.2 cm³/mol. The van der Waals surface area contributed by atoms with Crippen LogP contribution in [0.15, 0.2) is 67.0 Å². The summed E-state index contributed by atoms with van der Waals surface area (Å²) in [6.45, 7) is 4.08. The van der Waals surface area contributed by atoms with Crippen molar-refractivity contribution < 1.29 is 9.18 Å². The molecule has 0 saturated carbocycles. The summed E-state index contributed by atoms with van der Waals surface area (Å²) in [6.07, 6.45) is 3.00. The topological polar surface area (TPSA) is 54.9 Å². The van der Waals surface area contributed by atoms with Crippen LogP contribution in [0.2, 0.25) is 0 Å². The number of nitrogens with zero attached hydrogens (tertiary/aromatic N) is 2. The number of benzene rings is 2. The third kappa shape index (κ3) is 3.94. The summed E-state index contributed by atoms with van der Waals surface area (Å²) in [7, 11) is 0. The Hall–Kier alpha value is -3.08. The molecule has 0 aliphatic carbocycles. The highest BCUT2D eigenvalue weighted by atomic mass is 19.1.